The zero-order chi connectivity index (χ0) is 24.1. The number of methoxy groups -OCH3 is 1. The van der Waals surface area contributed by atoms with E-state index in [9.17, 15) is 0 Å². The number of hydrogen-bond acceptors (Lipinski definition) is 5. The van der Waals surface area contributed by atoms with Crippen molar-refractivity contribution in [3.63, 3.8) is 0 Å². The van der Waals surface area contributed by atoms with Gasteiger partial charge in [0.2, 0.25) is 0 Å². The number of benzene rings is 2. The number of morpholine rings is 1. The van der Waals surface area contributed by atoms with Crippen LogP contribution in [0.5, 0.6) is 5.75 Å². The first-order valence-corrected chi connectivity index (χ1v) is 12.4. The van der Waals surface area contributed by atoms with E-state index in [0.717, 1.165) is 74.0 Å². The van der Waals surface area contributed by atoms with E-state index in [1.54, 1.807) is 7.11 Å². The van der Waals surface area contributed by atoms with Crippen molar-refractivity contribution in [2.75, 3.05) is 51.8 Å². The highest BCUT2D eigenvalue weighted by Crippen LogP contribution is 2.33. The van der Waals surface area contributed by atoms with Crippen LogP contribution in [0.25, 0.3) is 11.0 Å². The predicted octanol–water partition coefficient (Wildman–Crippen LogP) is 5.54. The van der Waals surface area contributed by atoms with Gasteiger partial charge in [-0.15, -0.1) is 0 Å². The molecule has 1 saturated heterocycles. The molecule has 1 aromatic heterocycles. The number of thiocarbonyl (C=S) groups is 1. The van der Waals surface area contributed by atoms with Crippen LogP contribution in [-0.2, 0) is 4.74 Å². The molecule has 0 radical (unpaired) electrons. The molecule has 0 spiro atoms. The molecule has 3 aromatic rings. The van der Waals surface area contributed by atoms with E-state index in [2.05, 4.69) is 60.2 Å². The van der Waals surface area contributed by atoms with E-state index in [4.69, 9.17) is 26.1 Å². The monoisotopic (exact) mass is 481 g/mol. The van der Waals surface area contributed by atoms with E-state index in [-0.39, 0.29) is 6.04 Å². The standard InChI is InChI=1S/C27H35N3O3S/c1-19-8-5-10-23(20(19)2)28-27(34)30(13-7-12-29-14-16-32-17-15-29)21(3)25-18-22-9-6-11-24(31-4)26(22)33-25/h5-6,8-11,18,21H,7,12-17H2,1-4H3,(H,28,34)/t21-/m0/s1. The number of aryl methyl sites for hydroxylation is 1. The summed E-state index contributed by atoms with van der Waals surface area (Å²) in [7, 11) is 1.67. The van der Waals surface area contributed by atoms with Crippen LogP contribution in [0, 0.1) is 13.8 Å². The summed E-state index contributed by atoms with van der Waals surface area (Å²) < 4.78 is 17.3. The maximum Gasteiger partial charge on any atom is 0.176 e. The summed E-state index contributed by atoms with van der Waals surface area (Å²) in [5.41, 5.74) is 4.26. The predicted molar refractivity (Wildman–Crippen MR) is 142 cm³/mol. The van der Waals surface area contributed by atoms with Gasteiger partial charge in [-0.2, -0.15) is 0 Å². The Hall–Kier alpha value is -2.61. The third-order valence-electron chi connectivity index (χ3n) is 6.71. The third kappa shape index (κ3) is 5.54. The van der Waals surface area contributed by atoms with Gasteiger partial charge in [0.1, 0.15) is 5.76 Å². The van der Waals surface area contributed by atoms with Crippen LogP contribution in [0.15, 0.2) is 46.9 Å². The lowest BCUT2D eigenvalue weighted by atomic mass is 10.1. The van der Waals surface area contributed by atoms with Gasteiger partial charge in [-0.05, 0) is 68.7 Å². The number of anilines is 1. The van der Waals surface area contributed by atoms with Gasteiger partial charge < -0.3 is 24.1 Å². The van der Waals surface area contributed by atoms with Crippen molar-refractivity contribution in [3.05, 3.63) is 59.4 Å². The van der Waals surface area contributed by atoms with Gasteiger partial charge in [-0.1, -0.05) is 24.3 Å². The topological polar surface area (TPSA) is 50.1 Å². The summed E-state index contributed by atoms with van der Waals surface area (Å²) in [6, 6.07) is 14.3. The highest BCUT2D eigenvalue weighted by atomic mass is 32.1. The minimum Gasteiger partial charge on any atom is -0.493 e. The number of nitrogens with one attached hydrogen (secondary N) is 1. The Morgan fingerprint density at radius 1 is 1.18 bits per heavy atom. The number of ether oxygens (including phenoxy) is 2. The SMILES string of the molecule is COc1cccc2cc([C@H](C)N(CCCN3CCOCC3)C(=S)Nc3cccc(C)c3C)oc12. The zero-order valence-electron chi connectivity index (χ0n) is 20.6. The van der Waals surface area contributed by atoms with Gasteiger partial charge in [-0.25, -0.2) is 0 Å². The second kappa shape index (κ2) is 11.2. The van der Waals surface area contributed by atoms with Crippen LogP contribution in [0.3, 0.4) is 0 Å². The molecule has 0 aliphatic carbocycles. The van der Waals surface area contributed by atoms with Crippen LogP contribution in [0.1, 0.15) is 36.3 Å². The molecule has 1 aliphatic rings. The van der Waals surface area contributed by atoms with Crippen molar-refractivity contribution in [3.8, 4) is 5.75 Å². The normalized spacial score (nSPS) is 15.3. The minimum atomic E-state index is -0.0353. The van der Waals surface area contributed by atoms with Gasteiger partial charge in [-0.3, -0.25) is 4.90 Å². The Bertz CT molecular complexity index is 1120. The molecule has 2 heterocycles. The van der Waals surface area contributed by atoms with E-state index in [1.165, 1.54) is 11.1 Å². The number of rotatable bonds is 8. The van der Waals surface area contributed by atoms with Crippen molar-refractivity contribution in [1.82, 2.24) is 9.80 Å². The molecule has 1 aliphatic heterocycles. The van der Waals surface area contributed by atoms with Crippen molar-refractivity contribution in [2.24, 2.45) is 0 Å². The third-order valence-corrected chi connectivity index (χ3v) is 7.05. The second-order valence-electron chi connectivity index (χ2n) is 8.88. The van der Waals surface area contributed by atoms with E-state index < -0.39 is 0 Å². The van der Waals surface area contributed by atoms with Crippen LogP contribution in [0.4, 0.5) is 5.69 Å². The van der Waals surface area contributed by atoms with E-state index in [1.807, 2.05) is 18.2 Å². The Kier molecular flexibility index (Phi) is 8.08. The lowest BCUT2D eigenvalue weighted by Gasteiger charge is -2.33. The molecule has 1 N–H and O–H groups in total. The highest BCUT2D eigenvalue weighted by molar-refractivity contribution is 7.80. The average molecular weight is 482 g/mol. The number of furan rings is 1. The summed E-state index contributed by atoms with van der Waals surface area (Å²) >= 11 is 5.95. The first kappa shape index (κ1) is 24.5. The summed E-state index contributed by atoms with van der Waals surface area (Å²) in [6.45, 7) is 11.8. The number of hydrogen-bond donors (Lipinski definition) is 1. The first-order chi connectivity index (χ1) is 16.5. The molecule has 0 unspecified atom stereocenters. The van der Waals surface area contributed by atoms with E-state index >= 15 is 0 Å². The molecule has 0 amide bonds. The van der Waals surface area contributed by atoms with E-state index in [0.29, 0.717) is 5.11 Å². The molecule has 2 aromatic carbocycles. The average Bonchev–Trinajstić information content (AvgIpc) is 3.29. The van der Waals surface area contributed by atoms with Crippen molar-refractivity contribution in [2.45, 2.75) is 33.2 Å². The lowest BCUT2D eigenvalue weighted by Crippen LogP contribution is -2.41. The van der Waals surface area contributed by atoms with Gasteiger partial charge in [0.15, 0.2) is 16.4 Å². The molecule has 182 valence electrons. The molecule has 4 rings (SSSR count). The molecule has 1 fully saturated rings. The molecule has 0 bridgehead atoms. The van der Waals surface area contributed by atoms with Gasteiger partial charge in [0.25, 0.3) is 0 Å². The van der Waals surface area contributed by atoms with Crippen molar-refractivity contribution >= 4 is 34.0 Å². The molecule has 7 heteroatoms. The second-order valence-corrected chi connectivity index (χ2v) is 9.27. The summed E-state index contributed by atoms with van der Waals surface area (Å²) in [6.07, 6.45) is 1.00. The van der Waals surface area contributed by atoms with Crippen LogP contribution < -0.4 is 10.1 Å². The van der Waals surface area contributed by atoms with Crippen LogP contribution in [-0.4, -0.2) is 61.4 Å². The maximum absolute atomic E-state index is 6.29. The van der Waals surface area contributed by atoms with Gasteiger partial charge >= 0.3 is 0 Å². The fourth-order valence-electron chi connectivity index (χ4n) is 4.41. The Balaban J connectivity index is 1.55. The number of fused-ring (bicyclic) bond motifs is 1. The minimum absolute atomic E-state index is 0.0353. The zero-order valence-corrected chi connectivity index (χ0v) is 21.4. The van der Waals surface area contributed by atoms with Gasteiger partial charge in [0.05, 0.1) is 26.4 Å². The largest absolute Gasteiger partial charge is 0.493 e. The molecular weight excluding hydrogens is 446 g/mol. The molecule has 6 nitrogen and oxygen atoms in total. The van der Waals surface area contributed by atoms with Crippen molar-refractivity contribution < 1.29 is 13.9 Å². The molecule has 34 heavy (non-hydrogen) atoms. The summed E-state index contributed by atoms with van der Waals surface area (Å²) in [5, 5.41) is 5.24. The smallest absolute Gasteiger partial charge is 0.176 e. The number of nitrogens with zero attached hydrogens (tertiary/aromatic N) is 2. The van der Waals surface area contributed by atoms with Crippen LogP contribution in [0.2, 0.25) is 0 Å². The maximum atomic E-state index is 6.29. The lowest BCUT2D eigenvalue weighted by molar-refractivity contribution is 0.0365. The highest BCUT2D eigenvalue weighted by Gasteiger charge is 2.24. The first-order valence-electron chi connectivity index (χ1n) is 12.0. The van der Waals surface area contributed by atoms with Crippen LogP contribution >= 0.6 is 12.2 Å². The quantitative estimate of drug-likeness (QED) is 0.424. The van der Waals surface area contributed by atoms with Crippen molar-refractivity contribution in [1.29, 1.82) is 0 Å². The summed E-state index contributed by atoms with van der Waals surface area (Å²) in [4.78, 5) is 4.70. The molecule has 0 saturated carbocycles. The fraction of sp³-hybridized carbons (Fsp3) is 0.444. The molecule has 1 atom stereocenters. The fourth-order valence-corrected chi connectivity index (χ4v) is 4.77. The Morgan fingerprint density at radius 3 is 2.71 bits per heavy atom. The Morgan fingerprint density at radius 2 is 1.94 bits per heavy atom. The summed E-state index contributed by atoms with van der Waals surface area (Å²) in [5.74, 6) is 1.61. The number of para-hydroxylation sites is 1. The van der Waals surface area contributed by atoms with Gasteiger partial charge in [0, 0.05) is 37.3 Å². The molecular formula is C27H35N3O3S. The Labute approximate surface area is 207 Å².